The normalized spacial score (nSPS) is 10.8. The predicted molar refractivity (Wildman–Crippen MR) is 66.7 cm³/mol. The summed E-state index contributed by atoms with van der Waals surface area (Å²) in [6.45, 7) is 1.95. The van der Waals surface area contributed by atoms with Gasteiger partial charge >= 0.3 is 0 Å². The van der Waals surface area contributed by atoms with E-state index in [1.54, 1.807) is 0 Å². The lowest BCUT2D eigenvalue weighted by atomic mass is 10.3. The molecule has 0 atom stereocenters. The van der Waals surface area contributed by atoms with Crippen LogP contribution in [0.15, 0.2) is 9.90 Å². The van der Waals surface area contributed by atoms with Gasteiger partial charge in [-0.15, -0.1) is 11.3 Å². The Balaban J connectivity index is 2.60. The van der Waals surface area contributed by atoms with E-state index in [0.717, 1.165) is 14.0 Å². The highest BCUT2D eigenvalue weighted by atomic mass is 127. The lowest BCUT2D eigenvalue weighted by Gasteiger charge is -1.92. The van der Waals surface area contributed by atoms with Gasteiger partial charge in [0.2, 0.25) is 0 Å². The molecule has 0 unspecified atom stereocenters. The SMILES string of the molecule is Cc1csc(-c2onc(N)c2I)c1Cl. The summed E-state index contributed by atoms with van der Waals surface area (Å²) in [5.41, 5.74) is 6.62. The molecule has 2 heterocycles. The number of hydrogen-bond donors (Lipinski definition) is 1. The summed E-state index contributed by atoms with van der Waals surface area (Å²) in [4.78, 5) is 0.887. The Morgan fingerprint density at radius 1 is 1.64 bits per heavy atom. The minimum atomic E-state index is 0.405. The van der Waals surface area contributed by atoms with Gasteiger partial charge < -0.3 is 10.3 Å². The summed E-state index contributed by atoms with van der Waals surface area (Å²) < 4.78 is 5.93. The summed E-state index contributed by atoms with van der Waals surface area (Å²) in [6.07, 6.45) is 0. The van der Waals surface area contributed by atoms with Crippen LogP contribution in [0.2, 0.25) is 5.02 Å². The van der Waals surface area contributed by atoms with Crippen molar-refractivity contribution in [2.45, 2.75) is 6.92 Å². The second kappa shape index (κ2) is 3.71. The smallest absolute Gasteiger partial charge is 0.193 e. The number of thiophene rings is 1. The molecule has 0 aliphatic carbocycles. The van der Waals surface area contributed by atoms with Crippen LogP contribution in [0.4, 0.5) is 5.82 Å². The summed E-state index contributed by atoms with van der Waals surface area (Å²) >= 11 is 9.73. The fraction of sp³-hybridized carbons (Fsp3) is 0.125. The first kappa shape index (κ1) is 10.3. The predicted octanol–water partition coefficient (Wildman–Crippen LogP) is 3.55. The van der Waals surface area contributed by atoms with Gasteiger partial charge in [0.05, 0.1) is 9.90 Å². The maximum atomic E-state index is 6.10. The van der Waals surface area contributed by atoms with Crippen LogP contribution in [-0.2, 0) is 0 Å². The minimum absolute atomic E-state index is 0.405. The topological polar surface area (TPSA) is 52.0 Å². The molecule has 0 aliphatic rings. The highest BCUT2D eigenvalue weighted by Gasteiger charge is 2.18. The molecule has 0 amide bonds. The van der Waals surface area contributed by atoms with Crippen molar-refractivity contribution >= 4 is 51.3 Å². The van der Waals surface area contributed by atoms with Gasteiger partial charge in [-0.2, -0.15) is 0 Å². The number of anilines is 1. The van der Waals surface area contributed by atoms with Crippen molar-refractivity contribution in [1.29, 1.82) is 0 Å². The largest absolute Gasteiger partial charge is 0.380 e. The number of rotatable bonds is 1. The molecule has 2 aromatic rings. The monoisotopic (exact) mass is 340 g/mol. The zero-order chi connectivity index (χ0) is 10.3. The van der Waals surface area contributed by atoms with Crippen molar-refractivity contribution < 1.29 is 4.52 Å². The van der Waals surface area contributed by atoms with Gasteiger partial charge in [0.25, 0.3) is 0 Å². The number of nitrogen functional groups attached to an aromatic ring is 1. The molecular formula is C8H6ClIN2OS. The summed E-state index contributed by atoms with van der Waals surface area (Å²) in [6, 6.07) is 0. The second-order valence-electron chi connectivity index (χ2n) is 2.77. The zero-order valence-electron chi connectivity index (χ0n) is 7.17. The molecule has 0 saturated carbocycles. The van der Waals surface area contributed by atoms with Crippen LogP contribution in [0.25, 0.3) is 10.6 Å². The fourth-order valence-electron chi connectivity index (χ4n) is 1.02. The third kappa shape index (κ3) is 1.53. The van der Waals surface area contributed by atoms with Crippen LogP contribution in [0.3, 0.4) is 0 Å². The van der Waals surface area contributed by atoms with Gasteiger partial charge in [0.15, 0.2) is 11.6 Å². The number of nitrogens with zero attached hydrogens (tertiary/aromatic N) is 1. The number of aryl methyl sites for hydroxylation is 1. The molecule has 2 rings (SSSR count). The van der Waals surface area contributed by atoms with E-state index < -0.39 is 0 Å². The molecule has 6 heteroatoms. The molecule has 14 heavy (non-hydrogen) atoms. The minimum Gasteiger partial charge on any atom is -0.380 e. The number of nitrogens with two attached hydrogens (primary N) is 1. The second-order valence-corrected chi connectivity index (χ2v) is 5.11. The molecule has 0 bridgehead atoms. The van der Waals surface area contributed by atoms with Crippen molar-refractivity contribution in [2.24, 2.45) is 0 Å². The van der Waals surface area contributed by atoms with Gasteiger partial charge in [0.1, 0.15) is 3.57 Å². The van der Waals surface area contributed by atoms with Crippen LogP contribution in [0, 0.1) is 10.5 Å². The van der Waals surface area contributed by atoms with Gasteiger partial charge in [-0.1, -0.05) is 16.8 Å². The zero-order valence-corrected chi connectivity index (χ0v) is 10.9. The maximum Gasteiger partial charge on any atom is 0.193 e. The van der Waals surface area contributed by atoms with Crippen molar-refractivity contribution in [3.63, 3.8) is 0 Å². The third-order valence-corrected chi connectivity index (χ3v) is 4.50. The van der Waals surface area contributed by atoms with E-state index in [1.165, 1.54) is 11.3 Å². The summed E-state index contributed by atoms with van der Waals surface area (Å²) in [5.74, 6) is 1.06. The lowest BCUT2D eigenvalue weighted by molar-refractivity contribution is 0.436. The summed E-state index contributed by atoms with van der Waals surface area (Å²) in [7, 11) is 0. The Hall–Kier alpha value is -0.270. The lowest BCUT2D eigenvalue weighted by Crippen LogP contribution is -1.85. The van der Waals surface area contributed by atoms with E-state index in [4.69, 9.17) is 21.9 Å². The number of hydrogen-bond acceptors (Lipinski definition) is 4. The Bertz CT molecular complexity index is 435. The standard InChI is InChI=1S/C8H6ClIN2OS/c1-3-2-14-7(4(3)9)6-5(10)8(11)12-13-6/h2H,1H3,(H2,11,12). The van der Waals surface area contributed by atoms with Crippen LogP contribution in [0.5, 0.6) is 0 Å². The molecule has 0 saturated heterocycles. The first-order chi connectivity index (χ1) is 6.61. The average molecular weight is 341 g/mol. The van der Waals surface area contributed by atoms with E-state index in [0.29, 0.717) is 16.6 Å². The average Bonchev–Trinajstić information content (AvgIpc) is 2.63. The maximum absolute atomic E-state index is 6.10. The van der Waals surface area contributed by atoms with Crippen LogP contribution in [0.1, 0.15) is 5.56 Å². The van der Waals surface area contributed by atoms with Crippen LogP contribution < -0.4 is 5.73 Å². The quantitative estimate of drug-likeness (QED) is 0.808. The molecule has 0 aromatic carbocycles. The van der Waals surface area contributed by atoms with Gasteiger partial charge in [-0.05, 0) is 40.5 Å². The van der Waals surface area contributed by atoms with E-state index in [2.05, 4.69) is 27.7 Å². The van der Waals surface area contributed by atoms with Crippen LogP contribution in [-0.4, -0.2) is 5.16 Å². The van der Waals surface area contributed by atoms with E-state index in [1.807, 2.05) is 12.3 Å². The molecule has 0 fully saturated rings. The van der Waals surface area contributed by atoms with Crippen molar-refractivity contribution in [3.05, 3.63) is 19.5 Å². The van der Waals surface area contributed by atoms with Crippen molar-refractivity contribution in [3.8, 4) is 10.6 Å². The third-order valence-electron chi connectivity index (χ3n) is 1.76. The first-order valence-electron chi connectivity index (χ1n) is 3.76. The van der Waals surface area contributed by atoms with Crippen molar-refractivity contribution in [2.75, 3.05) is 5.73 Å². The van der Waals surface area contributed by atoms with Gasteiger partial charge in [-0.25, -0.2) is 0 Å². The Labute approximate surface area is 103 Å². The Kier molecular flexibility index (Phi) is 2.72. The van der Waals surface area contributed by atoms with Crippen molar-refractivity contribution in [1.82, 2.24) is 5.16 Å². The number of halogens is 2. The molecule has 0 spiro atoms. The highest BCUT2D eigenvalue weighted by Crippen LogP contribution is 2.39. The molecule has 2 aromatic heterocycles. The molecular weight excluding hydrogens is 335 g/mol. The van der Waals surface area contributed by atoms with E-state index in [9.17, 15) is 0 Å². The molecule has 0 radical (unpaired) electrons. The fourth-order valence-corrected chi connectivity index (χ4v) is 2.93. The van der Waals surface area contributed by atoms with E-state index in [-0.39, 0.29) is 0 Å². The molecule has 2 N–H and O–H groups in total. The Morgan fingerprint density at radius 3 is 2.79 bits per heavy atom. The first-order valence-corrected chi connectivity index (χ1v) is 6.09. The van der Waals surface area contributed by atoms with Gasteiger partial charge in [0, 0.05) is 0 Å². The molecule has 0 aliphatic heterocycles. The van der Waals surface area contributed by atoms with Gasteiger partial charge in [-0.3, -0.25) is 0 Å². The Morgan fingerprint density at radius 2 is 2.36 bits per heavy atom. The number of aromatic nitrogens is 1. The highest BCUT2D eigenvalue weighted by molar-refractivity contribution is 14.1. The molecule has 74 valence electrons. The molecule has 3 nitrogen and oxygen atoms in total. The summed E-state index contributed by atoms with van der Waals surface area (Å²) in [5, 5.41) is 6.38. The van der Waals surface area contributed by atoms with E-state index >= 15 is 0 Å². The van der Waals surface area contributed by atoms with Crippen LogP contribution >= 0.6 is 45.5 Å².